The minimum Gasteiger partial charge on any atom is -0.356 e. The Morgan fingerprint density at radius 2 is 1.93 bits per heavy atom. The Balaban J connectivity index is 0.00000364. The van der Waals surface area contributed by atoms with E-state index in [9.17, 15) is 18.0 Å². The zero-order valence-electron chi connectivity index (χ0n) is 15.1. The molecule has 2 rings (SSSR count). The molecule has 0 unspecified atom stereocenters. The van der Waals surface area contributed by atoms with E-state index in [0.717, 1.165) is 24.4 Å². The van der Waals surface area contributed by atoms with Gasteiger partial charge in [-0.05, 0) is 24.5 Å². The number of likely N-dealkylation sites (N-methyl/N-ethyl adjacent to an activating group) is 1. The van der Waals surface area contributed by atoms with Gasteiger partial charge in [-0.2, -0.15) is 13.2 Å². The van der Waals surface area contributed by atoms with Gasteiger partial charge in [0.2, 0.25) is 5.91 Å². The first-order chi connectivity index (χ1) is 12.2. The van der Waals surface area contributed by atoms with Crippen molar-refractivity contribution >= 4 is 51.8 Å². The van der Waals surface area contributed by atoms with Gasteiger partial charge in [-0.25, -0.2) is 0 Å². The topological polar surface area (TPSA) is 56.7 Å². The van der Waals surface area contributed by atoms with Crippen LogP contribution in [0.1, 0.15) is 18.4 Å². The summed E-state index contributed by atoms with van der Waals surface area (Å²) in [5.74, 6) is -0.269. The minimum absolute atomic E-state index is 0. The van der Waals surface area contributed by atoms with Gasteiger partial charge in [0, 0.05) is 30.5 Å². The van der Waals surface area contributed by atoms with Crippen molar-refractivity contribution in [3.05, 3.63) is 34.3 Å². The van der Waals surface area contributed by atoms with E-state index >= 15 is 0 Å². The maximum Gasteiger partial charge on any atom is 0.406 e. The predicted molar refractivity (Wildman–Crippen MR) is 114 cm³/mol. The average Bonchev–Trinajstić information content (AvgIpc) is 3.34. The Labute approximate surface area is 182 Å². The van der Waals surface area contributed by atoms with E-state index in [-0.39, 0.29) is 35.9 Å². The second-order valence-corrected chi connectivity index (χ2v) is 7.26. The van der Waals surface area contributed by atoms with Gasteiger partial charge < -0.3 is 15.5 Å². The van der Waals surface area contributed by atoms with Crippen LogP contribution in [0.5, 0.6) is 0 Å². The summed E-state index contributed by atoms with van der Waals surface area (Å²) in [6.07, 6.45) is -2.34. The van der Waals surface area contributed by atoms with Crippen LogP contribution in [0.25, 0.3) is 0 Å². The lowest BCUT2D eigenvalue weighted by Crippen LogP contribution is -2.47. The fraction of sp³-hybridized carbons (Fsp3) is 0.529. The van der Waals surface area contributed by atoms with Crippen molar-refractivity contribution in [1.29, 1.82) is 0 Å². The van der Waals surface area contributed by atoms with Gasteiger partial charge in [-0.3, -0.25) is 9.79 Å². The quantitative estimate of drug-likeness (QED) is 0.318. The van der Waals surface area contributed by atoms with Crippen molar-refractivity contribution in [2.45, 2.75) is 24.4 Å². The number of alkyl halides is 3. The molecule has 27 heavy (non-hydrogen) atoms. The molecule has 1 aliphatic carbocycles. The molecule has 1 amide bonds. The van der Waals surface area contributed by atoms with Gasteiger partial charge in [0.05, 0.1) is 6.54 Å². The standard InChI is InChI=1S/C17H22BrF3N4O.HI/c1-22-15(23-9-14(26)25(2)11-17(19,20)21)24-10-16(7-8-16)12-5-3-4-6-13(12)18;/h3-6H,7-11H2,1-2H3,(H2,22,23,24);1H. The number of aliphatic imine (C=N–C) groups is 1. The van der Waals surface area contributed by atoms with Crippen molar-refractivity contribution in [2.24, 2.45) is 4.99 Å². The third-order valence-electron chi connectivity index (χ3n) is 4.37. The fourth-order valence-electron chi connectivity index (χ4n) is 2.71. The molecule has 1 aromatic carbocycles. The Morgan fingerprint density at radius 3 is 2.44 bits per heavy atom. The highest BCUT2D eigenvalue weighted by Crippen LogP contribution is 2.49. The van der Waals surface area contributed by atoms with E-state index in [1.54, 1.807) is 7.05 Å². The summed E-state index contributed by atoms with van der Waals surface area (Å²) in [4.78, 5) is 16.5. The van der Waals surface area contributed by atoms with E-state index in [2.05, 4.69) is 37.6 Å². The van der Waals surface area contributed by atoms with E-state index in [4.69, 9.17) is 0 Å². The molecule has 0 spiro atoms. The van der Waals surface area contributed by atoms with Crippen molar-refractivity contribution in [3.8, 4) is 0 Å². The highest BCUT2D eigenvalue weighted by atomic mass is 127. The Morgan fingerprint density at radius 1 is 1.30 bits per heavy atom. The highest BCUT2D eigenvalue weighted by Gasteiger charge is 2.45. The maximum absolute atomic E-state index is 12.3. The van der Waals surface area contributed by atoms with Crippen LogP contribution in [-0.4, -0.2) is 56.7 Å². The molecule has 0 heterocycles. The number of carbonyl (C=O) groups is 1. The third-order valence-corrected chi connectivity index (χ3v) is 5.06. The summed E-state index contributed by atoms with van der Waals surface area (Å²) < 4.78 is 38.0. The van der Waals surface area contributed by atoms with Crippen LogP contribution in [-0.2, 0) is 10.2 Å². The number of guanidine groups is 1. The van der Waals surface area contributed by atoms with Gasteiger partial charge >= 0.3 is 6.18 Å². The lowest BCUT2D eigenvalue weighted by atomic mass is 9.96. The van der Waals surface area contributed by atoms with Crippen LogP contribution in [0, 0.1) is 0 Å². The third kappa shape index (κ3) is 7.13. The molecular formula is C17H23BrF3IN4O. The first-order valence-corrected chi connectivity index (χ1v) is 8.96. The Bertz CT molecular complexity index is 680. The van der Waals surface area contributed by atoms with Crippen LogP contribution in [0.2, 0.25) is 0 Å². The molecule has 0 saturated heterocycles. The van der Waals surface area contributed by atoms with E-state index in [1.807, 2.05) is 18.2 Å². The van der Waals surface area contributed by atoms with E-state index in [1.165, 1.54) is 5.56 Å². The monoisotopic (exact) mass is 562 g/mol. The predicted octanol–water partition coefficient (Wildman–Crippen LogP) is 3.28. The van der Waals surface area contributed by atoms with Gasteiger partial charge in [0.1, 0.15) is 6.54 Å². The highest BCUT2D eigenvalue weighted by molar-refractivity contribution is 14.0. The summed E-state index contributed by atoms with van der Waals surface area (Å²) in [6.45, 7) is -0.902. The number of hydrogen-bond acceptors (Lipinski definition) is 2. The number of nitrogens with zero attached hydrogens (tertiary/aromatic N) is 2. The van der Waals surface area contributed by atoms with Gasteiger partial charge in [-0.1, -0.05) is 34.1 Å². The van der Waals surface area contributed by atoms with Crippen LogP contribution >= 0.6 is 39.9 Å². The summed E-state index contributed by atoms with van der Waals surface area (Å²) >= 11 is 3.57. The molecule has 1 saturated carbocycles. The zero-order valence-corrected chi connectivity index (χ0v) is 19.0. The second kappa shape index (κ2) is 9.94. The summed E-state index contributed by atoms with van der Waals surface area (Å²) in [5, 5.41) is 5.94. The number of hydrogen-bond donors (Lipinski definition) is 2. The Hall–Kier alpha value is -1.04. The molecular weight excluding hydrogens is 540 g/mol. The first kappa shape index (κ1) is 24.0. The number of benzene rings is 1. The molecule has 0 radical (unpaired) electrons. The normalized spacial score (nSPS) is 15.6. The molecule has 0 aromatic heterocycles. The maximum atomic E-state index is 12.3. The molecule has 5 nitrogen and oxygen atoms in total. The lowest BCUT2D eigenvalue weighted by Gasteiger charge is -2.22. The molecule has 1 fully saturated rings. The molecule has 0 aliphatic heterocycles. The number of carbonyl (C=O) groups excluding carboxylic acids is 1. The van der Waals surface area contributed by atoms with Crippen LogP contribution in [0.3, 0.4) is 0 Å². The molecule has 152 valence electrons. The molecule has 1 aliphatic rings. The lowest BCUT2D eigenvalue weighted by molar-refractivity contribution is -0.157. The smallest absolute Gasteiger partial charge is 0.356 e. The molecule has 2 N–H and O–H groups in total. The molecule has 10 heteroatoms. The zero-order chi connectivity index (χ0) is 19.4. The van der Waals surface area contributed by atoms with Gasteiger partial charge in [-0.15, -0.1) is 24.0 Å². The van der Waals surface area contributed by atoms with Crippen LogP contribution in [0.4, 0.5) is 13.2 Å². The molecule has 1 aromatic rings. The van der Waals surface area contributed by atoms with Crippen molar-refractivity contribution in [1.82, 2.24) is 15.5 Å². The Kier molecular flexibility index (Phi) is 8.84. The SMILES string of the molecule is CN=C(NCC(=O)N(C)CC(F)(F)F)NCC1(c2ccccc2Br)CC1.I. The summed E-state index contributed by atoms with van der Waals surface area (Å²) in [7, 11) is 2.68. The number of nitrogens with one attached hydrogen (secondary N) is 2. The van der Waals surface area contributed by atoms with Crippen LogP contribution in [0.15, 0.2) is 33.7 Å². The number of amides is 1. The number of halogens is 5. The van der Waals surface area contributed by atoms with E-state index < -0.39 is 18.6 Å². The average molecular weight is 563 g/mol. The summed E-state index contributed by atoms with van der Waals surface area (Å²) in [5.41, 5.74) is 1.22. The molecule has 0 bridgehead atoms. The second-order valence-electron chi connectivity index (χ2n) is 6.40. The minimum atomic E-state index is -4.41. The molecule has 0 atom stereocenters. The summed E-state index contributed by atoms with van der Waals surface area (Å²) in [6, 6.07) is 8.02. The van der Waals surface area contributed by atoms with E-state index in [0.29, 0.717) is 17.4 Å². The van der Waals surface area contributed by atoms with Gasteiger partial charge in [0.25, 0.3) is 0 Å². The fourth-order valence-corrected chi connectivity index (χ4v) is 3.41. The van der Waals surface area contributed by atoms with Crippen LogP contribution < -0.4 is 10.6 Å². The van der Waals surface area contributed by atoms with Crippen molar-refractivity contribution < 1.29 is 18.0 Å². The largest absolute Gasteiger partial charge is 0.406 e. The van der Waals surface area contributed by atoms with Crippen molar-refractivity contribution in [2.75, 3.05) is 33.7 Å². The number of rotatable bonds is 6. The first-order valence-electron chi connectivity index (χ1n) is 8.17. The van der Waals surface area contributed by atoms with Crippen molar-refractivity contribution in [3.63, 3.8) is 0 Å². The van der Waals surface area contributed by atoms with Gasteiger partial charge in [0.15, 0.2) is 5.96 Å².